The lowest BCUT2D eigenvalue weighted by atomic mass is 10.0. The number of aliphatic hydroxyl groups excluding tert-OH is 1. The second-order valence-corrected chi connectivity index (χ2v) is 5.28. The van der Waals surface area contributed by atoms with Crippen LogP contribution >= 0.6 is 0 Å². The molecule has 0 bridgehead atoms. The number of nitrogens with one attached hydrogen (secondary N) is 1. The Bertz CT molecular complexity index is 512. The van der Waals surface area contributed by atoms with Crippen molar-refractivity contribution < 1.29 is 14.7 Å². The summed E-state index contributed by atoms with van der Waals surface area (Å²) in [6, 6.07) is 7.61. The predicted octanol–water partition coefficient (Wildman–Crippen LogP) is 1.24. The van der Waals surface area contributed by atoms with Crippen LogP contribution in [0.25, 0.3) is 0 Å². The van der Waals surface area contributed by atoms with Crippen LogP contribution in [0.15, 0.2) is 24.3 Å². The number of hydrogen-bond donors (Lipinski definition) is 2. The van der Waals surface area contributed by atoms with Gasteiger partial charge in [0.15, 0.2) is 0 Å². The number of benzene rings is 1. The third-order valence-electron chi connectivity index (χ3n) is 3.83. The number of nitrogens with zero attached hydrogens (tertiary/aromatic N) is 1. The second kappa shape index (κ2) is 7.22. The number of hydrogen-bond acceptors (Lipinski definition) is 3. The van der Waals surface area contributed by atoms with E-state index in [2.05, 4.69) is 5.32 Å². The van der Waals surface area contributed by atoms with Gasteiger partial charge in [0, 0.05) is 25.1 Å². The average molecular weight is 290 g/mol. The van der Waals surface area contributed by atoms with Gasteiger partial charge in [-0.15, -0.1) is 0 Å². The highest BCUT2D eigenvalue weighted by Crippen LogP contribution is 2.27. The summed E-state index contributed by atoms with van der Waals surface area (Å²) in [7, 11) is 0. The van der Waals surface area contributed by atoms with Gasteiger partial charge < -0.3 is 15.3 Å². The quantitative estimate of drug-likeness (QED) is 0.828. The van der Waals surface area contributed by atoms with Crippen LogP contribution in [0.2, 0.25) is 0 Å². The van der Waals surface area contributed by atoms with Gasteiger partial charge >= 0.3 is 0 Å². The summed E-state index contributed by atoms with van der Waals surface area (Å²) >= 11 is 0. The highest BCUT2D eigenvalue weighted by atomic mass is 16.3. The van der Waals surface area contributed by atoms with Gasteiger partial charge in [-0.05, 0) is 24.5 Å². The lowest BCUT2D eigenvalue weighted by molar-refractivity contribution is -0.122. The molecule has 5 heteroatoms. The highest BCUT2D eigenvalue weighted by molar-refractivity contribution is 5.96. The van der Waals surface area contributed by atoms with E-state index in [1.807, 2.05) is 31.2 Å². The summed E-state index contributed by atoms with van der Waals surface area (Å²) in [6.45, 7) is 2.23. The molecule has 2 N–H and O–H groups in total. The number of aryl methyl sites for hydroxylation is 1. The zero-order valence-corrected chi connectivity index (χ0v) is 12.3. The maximum atomic E-state index is 12.1. The van der Waals surface area contributed by atoms with Gasteiger partial charge in [0.1, 0.15) is 0 Å². The van der Waals surface area contributed by atoms with Crippen molar-refractivity contribution in [3.8, 4) is 0 Å². The van der Waals surface area contributed by atoms with E-state index in [0.29, 0.717) is 19.4 Å². The Morgan fingerprint density at radius 1 is 1.38 bits per heavy atom. The van der Waals surface area contributed by atoms with E-state index in [4.69, 9.17) is 5.11 Å². The molecular formula is C16H22N2O3. The van der Waals surface area contributed by atoms with Crippen molar-refractivity contribution >= 4 is 17.5 Å². The normalized spacial score (nSPS) is 15.5. The maximum Gasteiger partial charge on any atom is 0.227 e. The van der Waals surface area contributed by atoms with Crippen molar-refractivity contribution in [3.63, 3.8) is 0 Å². The van der Waals surface area contributed by atoms with Crippen LogP contribution in [0.1, 0.15) is 31.7 Å². The summed E-state index contributed by atoms with van der Waals surface area (Å²) in [6.07, 6.45) is 2.19. The van der Waals surface area contributed by atoms with Crippen molar-refractivity contribution in [3.05, 3.63) is 29.8 Å². The minimum Gasteiger partial charge on any atom is -0.394 e. The molecule has 0 aliphatic carbocycles. The molecule has 1 atom stereocenters. The summed E-state index contributed by atoms with van der Waals surface area (Å²) in [5.74, 6) is -0.0672. The zero-order chi connectivity index (χ0) is 15.2. The summed E-state index contributed by atoms with van der Waals surface area (Å²) in [4.78, 5) is 25.6. The number of carbonyl (C=O) groups excluding carboxylic acids is 2. The minimum atomic E-state index is -0.207. The number of para-hydroxylation sites is 1. The molecule has 1 unspecified atom stereocenters. The van der Waals surface area contributed by atoms with Crippen molar-refractivity contribution in [1.29, 1.82) is 0 Å². The number of carbonyl (C=O) groups is 2. The summed E-state index contributed by atoms with van der Waals surface area (Å²) in [5, 5.41) is 11.9. The van der Waals surface area contributed by atoms with Crippen LogP contribution in [-0.4, -0.2) is 36.1 Å². The Balaban J connectivity index is 1.96. The van der Waals surface area contributed by atoms with Crippen LogP contribution in [0.5, 0.6) is 0 Å². The third kappa shape index (κ3) is 3.82. The first-order valence-corrected chi connectivity index (χ1v) is 7.44. The van der Waals surface area contributed by atoms with Crippen LogP contribution < -0.4 is 10.2 Å². The monoisotopic (exact) mass is 290 g/mol. The van der Waals surface area contributed by atoms with Crippen LogP contribution in [-0.2, 0) is 16.0 Å². The first-order chi connectivity index (χ1) is 10.2. The Labute approximate surface area is 125 Å². The molecule has 0 saturated carbocycles. The number of rotatable bonds is 6. The molecule has 0 radical (unpaired) electrons. The molecule has 0 fully saturated rings. The molecule has 0 saturated heterocycles. The second-order valence-electron chi connectivity index (χ2n) is 5.28. The molecule has 1 aromatic carbocycles. The molecule has 1 aliphatic rings. The molecule has 21 heavy (non-hydrogen) atoms. The predicted molar refractivity (Wildman–Crippen MR) is 81.0 cm³/mol. The van der Waals surface area contributed by atoms with Crippen LogP contribution in [0.4, 0.5) is 5.69 Å². The largest absolute Gasteiger partial charge is 0.394 e. The van der Waals surface area contributed by atoms with E-state index in [9.17, 15) is 9.59 Å². The number of aliphatic hydroxyl groups is 1. The number of anilines is 1. The van der Waals surface area contributed by atoms with E-state index < -0.39 is 0 Å². The lowest BCUT2D eigenvalue weighted by Crippen LogP contribution is -2.41. The Morgan fingerprint density at radius 2 is 2.14 bits per heavy atom. The van der Waals surface area contributed by atoms with Gasteiger partial charge in [-0.2, -0.15) is 0 Å². The number of fused-ring (bicyclic) bond motifs is 1. The van der Waals surface area contributed by atoms with E-state index in [0.717, 1.165) is 17.7 Å². The third-order valence-corrected chi connectivity index (χ3v) is 3.83. The van der Waals surface area contributed by atoms with Crippen molar-refractivity contribution in [1.82, 2.24) is 5.32 Å². The van der Waals surface area contributed by atoms with E-state index in [-0.39, 0.29) is 30.9 Å². The van der Waals surface area contributed by atoms with Gasteiger partial charge in [0.05, 0.1) is 12.6 Å². The molecule has 5 nitrogen and oxygen atoms in total. The van der Waals surface area contributed by atoms with Gasteiger partial charge in [-0.1, -0.05) is 25.1 Å². The van der Waals surface area contributed by atoms with E-state index >= 15 is 0 Å². The highest BCUT2D eigenvalue weighted by Gasteiger charge is 2.24. The topological polar surface area (TPSA) is 69.6 Å². The first kappa shape index (κ1) is 15.5. The van der Waals surface area contributed by atoms with Crippen molar-refractivity contribution in [2.75, 3.05) is 18.1 Å². The molecule has 2 rings (SSSR count). The van der Waals surface area contributed by atoms with E-state index in [1.165, 1.54) is 0 Å². The Kier molecular flexibility index (Phi) is 5.33. The summed E-state index contributed by atoms with van der Waals surface area (Å²) in [5.41, 5.74) is 2.06. The molecule has 0 aromatic heterocycles. The molecule has 1 aromatic rings. The average Bonchev–Trinajstić information content (AvgIpc) is 2.51. The smallest absolute Gasteiger partial charge is 0.227 e. The van der Waals surface area contributed by atoms with Gasteiger partial charge in [0.25, 0.3) is 0 Å². The van der Waals surface area contributed by atoms with Gasteiger partial charge in [0.2, 0.25) is 11.8 Å². The van der Waals surface area contributed by atoms with Crippen molar-refractivity contribution in [2.45, 2.75) is 38.6 Å². The Hall–Kier alpha value is -1.88. The van der Waals surface area contributed by atoms with Crippen LogP contribution in [0.3, 0.4) is 0 Å². The minimum absolute atomic E-state index is 0.0618. The zero-order valence-electron chi connectivity index (χ0n) is 12.3. The fourth-order valence-electron chi connectivity index (χ4n) is 2.53. The molecule has 0 spiro atoms. The van der Waals surface area contributed by atoms with Crippen LogP contribution in [0, 0.1) is 0 Å². The molecule has 1 aliphatic heterocycles. The lowest BCUT2D eigenvalue weighted by Gasteiger charge is -2.29. The fraction of sp³-hybridized carbons (Fsp3) is 0.500. The van der Waals surface area contributed by atoms with Gasteiger partial charge in [-0.25, -0.2) is 0 Å². The summed E-state index contributed by atoms with van der Waals surface area (Å²) < 4.78 is 0. The molecule has 114 valence electrons. The first-order valence-electron chi connectivity index (χ1n) is 7.44. The number of amides is 2. The molecule has 1 heterocycles. The fourth-order valence-corrected chi connectivity index (χ4v) is 2.53. The standard InChI is InChI=1S/C16H22N2O3/c1-2-13(11-19)17-15(20)9-10-18-14-6-4-3-5-12(14)7-8-16(18)21/h3-6,13,19H,2,7-11H2,1H3,(H,17,20). The maximum absolute atomic E-state index is 12.1. The van der Waals surface area contributed by atoms with E-state index in [1.54, 1.807) is 4.90 Å². The SMILES string of the molecule is CCC(CO)NC(=O)CCN1C(=O)CCc2ccccc21. The van der Waals surface area contributed by atoms with Crippen molar-refractivity contribution in [2.24, 2.45) is 0 Å². The molecule has 2 amide bonds. The molecular weight excluding hydrogens is 268 g/mol. The Morgan fingerprint density at radius 3 is 2.86 bits per heavy atom. The van der Waals surface area contributed by atoms with Gasteiger partial charge in [-0.3, -0.25) is 9.59 Å².